The third-order valence-corrected chi connectivity index (χ3v) is 4.16. The summed E-state index contributed by atoms with van der Waals surface area (Å²) in [5.74, 6) is 1.69. The Bertz CT molecular complexity index is 675. The molecule has 0 unspecified atom stereocenters. The number of pyridine rings is 1. The monoisotopic (exact) mass is 534 g/mol. The number of carbonyl (C=O) groups excluding carboxylic acids is 1. The van der Waals surface area contributed by atoms with Crippen LogP contribution in [-0.2, 0) is 16.0 Å². The molecule has 0 spiro atoms. The van der Waals surface area contributed by atoms with Crippen LogP contribution in [0.5, 0.6) is 0 Å². The summed E-state index contributed by atoms with van der Waals surface area (Å²) in [5, 5.41) is 9.33. The number of amides is 1. The molecule has 10 heteroatoms. The van der Waals surface area contributed by atoms with Crippen molar-refractivity contribution >= 4 is 41.8 Å². The van der Waals surface area contributed by atoms with Gasteiger partial charge in [0.1, 0.15) is 11.4 Å². The normalized spacial score (nSPS) is 14.5. The van der Waals surface area contributed by atoms with Gasteiger partial charge in [0.25, 0.3) is 0 Å². The maximum absolute atomic E-state index is 11.6. The Kier molecular flexibility index (Phi) is 11.8. The van der Waals surface area contributed by atoms with Crippen LogP contribution < -0.4 is 20.9 Å². The Morgan fingerprint density at radius 3 is 2.60 bits per heavy atom. The molecule has 0 atom stereocenters. The quantitative estimate of drug-likeness (QED) is 0.213. The van der Waals surface area contributed by atoms with E-state index in [1.165, 1.54) is 0 Å². The highest BCUT2D eigenvalue weighted by atomic mass is 127. The minimum absolute atomic E-state index is 0. The number of halogens is 1. The van der Waals surface area contributed by atoms with Gasteiger partial charge in [0.15, 0.2) is 5.96 Å². The second-order valence-corrected chi connectivity index (χ2v) is 7.72. The van der Waals surface area contributed by atoms with Crippen LogP contribution in [0.1, 0.15) is 32.8 Å². The topological polar surface area (TPSA) is 100 Å². The van der Waals surface area contributed by atoms with Crippen LogP contribution >= 0.6 is 24.0 Å². The van der Waals surface area contributed by atoms with E-state index >= 15 is 0 Å². The predicted octanol–water partition coefficient (Wildman–Crippen LogP) is 2.12. The first-order valence-electron chi connectivity index (χ1n) is 10.1. The van der Waals surface area contributed by atoms with E-state index in [1.807, 2.05) is 33.0 Å². The maximum atomic E-state index is 11.6. The van der Waals surface area contributed by atoms with Crippen molar-refractivity contribution in [3.05, 3.63) is 23.9 Å². The number of aliphatic imine (C=N–C) groups is 1. The number of nitrogens with one attached hydrogen (secondary N) is 3. The highest BCUT2D eigenvalue weighted by molar-refractivity contribution is 14.0. The van der Waals surface area contributed by atoms with Gasteiger partial charge in [0, 0.05) is 51.5 Å². The van der Waals surface area contributed by atoms with Crippen molar-refractivity contribution in [2.45, 2.75) is 39.3 Å². The van der Waals surface area contributed by atoms with Crippen molar-refractivity contribution in [1.82, 2.24) is 20.9 Å². The molecule has 1 aromatic heterocycles. The molecule has 1 amide bonds. The second-order valence-electron chi connectivity index (χ2n) is 7.72. The third-order valence-electron chi connectivity index (χ3n) is 4.16. The number of guanidine groups is 1. The average Bonchev–Trinajstić information content (AvgIpc) is 2.69. The maximum Gasteiger partial charge on any atom is 0.407 e. The van der Waals surface area contributed by atoms with Gasteiger partial charge in [-0.15, -0.1) is 24.0 Å². The van der Waals surface area contributed by atoms with E-state index in [0.29, 0.717) is 25.6 Å². The lowest BCUT2D eigenvalue weighted by atomic mass is 10.2. The summed E-state index contributed by atoms with van der Waals surface area (Å²) in [4.78, 5) is 22.7. The van der Waals surface area contributed by atoms with Gasteiger partial charge < -0.3 is 30.3 Å². The highest BCUT2D eigenvalue weighted by Crippen LogP contribution is 2.18. The van der Waals surface area contributed by atoms with E-state index in [2.05, 4.69) is 36.9 Å². The van der Waals surface area contributed by atoms with Crippen molar-refractivity contribution in [2.75, 3.05) is 51.3 Å². The van der Waals surface area contributed by atoms with Gasteiger partial charge in [-0.05, 0) is 33.3 Å². The van der Waals surface area contributed by atoms with Gasteiger partial charge in [-0.3, -0.25) is 4.99 Å². The Labute approximate surface area is 196 Å². The molecule has 0 aromatic carbocycles. The summed E-state index contributed by atoms with van der Waals surface area (Å²) < 4.78 is 10.6. The number of alkyl carbamates (subject to hydrolysis) is 1. The molecular formula is C20H35IN6O3. The van der Waals surface area contributed by atoms with Crippen LogP contribution in [-0.4, -0.2) is 69.1 Å². The Hall–Kier alpha value is -1.82. The lowest BCUT2D eigenvalue weighted by Crippen LogP contribution is -2.40. The summed E-state index contributed by atoms with van der Waals surface area (Å²) >= 11 is 0. The molecule has 0 saturated carbocycles. The van der Waals surface area contributed by atoms with Crippen LogP contribution in [0, 0.1) is 0 Å². The molecule has 2 heterocycles. The number of rotatable bonds is 7. The van der Waals surface area contributed by atoms with Crippen molar-refractivity contribution in [3.63, 3.8) is 0 Å². The minimum atomic E-state index is -0.485. The number of hydrogen-bond acceptors (Lipinski definition) is 6. The van der Waals surface area contributed by atoms with Crippen LogP contribution in [0.3, 0.4) is 0 Å². The molecule has 1 aliphatic rings. The number of aromatic nitrogens is 1. The van der Waals surface area contributed by atoms with E-state index in [9.17, 15) is 4.79 Å². The average molecular weight is 534 g/mol. The number of nitrogens with zero attached hydrogens (tertiary/aromatic N) is 3. The predicted molar refractivity (Wildman–Crippen MR) is 130 cm³/mol. The van der Waals surface area contributed by atoms with E-state index in [-0.39, 0.29) is 24.0 Å². The third kappa shape index (κ3) is 9.79. The minimum Gasteiger partial charge on any atom is -0.444 e. The lowest BCUT2D eigenvalue weighted by Gasteiger charge is -2.29. The molecule has 9 nitrogen and oxygen atoms in total. The van der Waals surface area contributed by atoms with Gasteiger partial charge in [-0.2, -0.15) is 0 Å². The zero-order chi connectivity index (χ0) is 21.1. The van der Waals surface area contributed by atoms with Gasteiger partial charge in [-0.1, -0.05) is 6.07 Å². The zero-order valence-corrected chi connectivity index (χ0v) is 20.7. The van der Waals surface area contributed by atoms with Crippen LogP contribution in [0.2, 0.25) is 0 Å². The molecule has 0 aliphatic carbocycles. The van der Waals surface area contributed by atoms with E-state index in [0.717, 1.165) is 44.1 Å². The first-order chi connectivity index (χ1) is 13.9. The van der Waals surface area contributed by atoms with Crippen LogP contribution in [0.4, 0.5) is 10.6 Å². The van der Waals surface area contributed by atoms with Crippen molar-refractivity contribution in [2.24, 2.45) is 4.99 Å². The molecule has 170 valence electrons. The molecular weight excluding hydrogens is 499 g/mol. The van der Waals surface area contributed by atoms with Crippen LogP contribution in [0.15, 0.2) is 23.3 Å². The second kappa shape index (κ2) is 13.5. The Balaban J connectivity index is 0.00000450. The molecule has 3 N–H and O–H groups in total. The molecule has 2 rings (SSSR count). The largest absolute Gasteiger partial charge is 0.444 e. The van der Waals surface area contributed by atoms with Gasteiger partial charge in [-0.25, -0.2) is 9.78 Å². The van der Waals surface area contributed by atoms with E-state index in [4.69, 9.17) is 9.47 Å². The van der Waals surface area contributed by atoms with Gasteiger partial charge in [0.05, 0.1) is 13.2 Å². The molecule has 1 aliphatic heterocycles. The first kappa shape index (κ1) is 26.2. The fraction of sp³-hybridized carbons (Fsp3) is 0.650. The van der Waals surface area contributed by atoms with Crippen LogP contribution in [0.25, 0.3) is 0 Å². The zero-order valence-electron chi connectivity index (χ0n) is 18.4. The smallest absolute Gasteiger partial charge is 0.407 e. The van der Waals surface area contributed by atoms with E-state index < -0.39 is 11.7 Å². The summed E-state index contributed by atoms with van der Waals surface area (Å²) in [6, 6.07) is 4.02. The Morgan fingerprint density at radius 2 is 1.93 bits per heavy atom. The summed E-state index contributed by atoms with van der Waals surface area (Å²) in [5.41, 5.74) is 0.629. The fourth-order valence-corrected chi connectivity index (χ4v) is 2.83. The Morgan fingerprint density at radius 1 is 1.23 bits per heavy atom. The first-order valence-corrected chi connectivity index (χ1v) is 10.1. The molecule has 1 fully saturated rings. The number of carbonyl (C=O) groups is 1. The van der Waals surface area contributed by atoms with Crippen molar-refractivity contribution < 1.29 is 14.3 Å². The number of hydrogen-bond donors (Lipinski definition) is 3. The number of ether oxygens (including phenoxy) is 2. The number of morpholine rings is 1. The van der Waals surface area contributed by atoms with Crippen molar-refractivity contribution in [3.8, 4) is 0 Å². The summed E-state index contributed by atoms with van der Waals surface area (Å²) in [6.07, 6.45) is 2.18. The molecule has 0 bridgehead atoms. The molecule has 1 saturated heterocycles. The molecule has 1 aromatic rings. The molecule has 0 radical (unpaired) electrons. The van der Waals surface area contributed by atoms with E-state index in [1.54, 1.807) is 7.05 Å². The highest BCUT2D eigenvalue weighted by Gasteiger charge is 2.16. The fourth-order valence-electron chi connectivity index (χ4n) is 2.83. The molecule has 30 heavy (non-hydrogen) atoms. The van der Waals surface area contributed by atoms with Crippen molar-refractivity contribution in [1.29, 1.82) is 0 Å². The van der Waals surface area contributed by atoms with Gasteiger partial charge >= 0.3 is 6.09 Å². The summed E-state index contributed by atoms with van der Waals surface area (Å²) in [7, 11) is 1.74. The summed E-state index contributed by atoms with van der Waals surface area (Å²) in [6.45, 7) is 10.5. The lowest BCUT2D eigenvalue weighted by molar-refractivity contribution is 0.0527. The SMILES string of the molecule is CN=C(NCCCNC(=O)OC(C)(C)C)NCc1cccnc1N1CCOCC1.I. The number of anilines is 1. The standard InChI is InChI=1S/C20H34N6O3.HI/c1-20(2,3)29-19(27)24-10-6-9-23-18(21-4)25-15-16-7-5-8-22-17(16)26-11-13-28-14-12-26;/h5,7-8H,6,9-15H2,1-4H3,(H,24,27)(H2,21,23,25);1H. The van der Waals surface area contributed by atoms with Gasteiger partial charge in [0.2, 0.25) is 0 Å².